The third kappa shape index (κ3) is 4.42. The molecule has 0 atom stereocenters. The Hall–Kier alpha value is -0.160. The average molecular weight is 269 g/mol. The van der Waals surface area contributed by atoms with Gasteiger partial charge >= 0.3 is 0 Å². The summed E-state index contributed by atoms with van der Waals surface area (Å²) in [5.41, 5.74) is 0.520. The first-order valence-corrected chi connectivity index (χ1v) is 7.69. The molecular formula is C15H31N3O. The van der Waals surface area contributed by atoms with E-state index in [-0.39, 0.29) is 5.54 Å². The van der Waals surface area contributed by atoms with Crippen LogP contribution >= 0.6 is 0 Å². The Morgan fingerprint density at radius 3 is 2.42 bits per heavy atom. The number of hydrogen-bond donors (Lipinski definition) is 1. The van der Waals surface area contributed by atoms with Gasteiger partial charge in [-0.2, -0.15) is 0 Å². The molecule has 4 heteroatoms. The predicted octanol–water partition coefficient (Wildman–Crippen LogP) is 1.17. The Kier molecular flexibility index (Phi) is 4.88. The SMILES string of the molecule is CC1(C)CN(CCN2CCOCC2)C(C)(C)CCN1. The van der Waals surface area contributed by atoms with Gasteiger partial charge in [0.2, 0.25) is 0 Å². The molecule has 0 radical (unpaired) electrons. The second kappa shape index (κ2) is 6.08. The molecule has 4 nitrogen and oxygen atoms in total. The molecule has 0 aliphatic carbocycles. The smallest absolute Gasteiger partial charge is 0.0594 e. The molecule has 0 bridgehead atoms. The highest BCUT2D eigenvalue weighted by Crippen LogP contribution is 2.24. The fourth-order valence-electron chi connectivity index (χ4n) is 3.08. The zero-order valence-electron chi connectivity index (χ0n) is 13.2. The van der Waals surface area contributed by atoms with Crippen molar-refractivity contribution in [1.29, 1.82) is 0 Å². The molecule has 2 aliphatic heterocycles. The first-order chi connectivity index (χ1) is 8.89. The molecule has 0 aromatic carbocycles. The molecule has 0 aromatic heterocycles. The second-order valence-corrected chi connectivity index (χ2v) is 7.25. The van der Waals surface area contributed by atoms with Gasteiger partial charge in [0, 0.05) is 43.8 Å². The molecule has 2 heterocycles. The van der Waals surface area contributed by atoms with Crippen molar-refractivity contribution in [2.75, 3.05) is 52.5 Å². The summed E-state index contributed by atoms with van der Waals surface area (Å²) in [7, 11) is 0. The van der Waals surface area contributed by atoms with Crippen LogP contribution in [0.5, 0.6) is 0 Å². The van der Waals surface area contributed by atoms with Crippen LogP contribution in [0.2, 0.25) is 0 Å². The fraction of sp³-hybridized carbons (Fsp3) is 1.00. The monoisotopic (exact) mass is 269 g/mol. The Morgan fingerprint density at radius 2 is 1.74 bits per heavy atom. The van der Waals surface area contributed by atoms with Crippen molar-refractivity contribution in [3.05, 3.63) is 0 Å². The third-order valence-electron chi connectivity index (χ3n) is 4.57. The van der Waals surface area contributed by atoms with E-state index < -0.39 is 0 Å². The van der Waals surface area contributed by atoms with Crippen molar-refractivity contribution in [3.63, 3.8) is 0 Å². The Bertz CT molecular complexity index is 285. The molecule has 2 fully saturated rings. The van der Waals surface area contributed by atoms with Crippen LogP contribution in [0.15, 0.2) is 0 Å². The van der Waals surface area contributed by atoms with E-state index in [1.165, 1.54) is 13.0 Å². The Labute approximate surface area is 118 Å². The van der Waals surface area contributed by atoms with E-state index in [1.54, 1.807) is 0 Å². The lowest BCUT2D eigenvalue weighted by Crippen LogP contribution is -2.53. The van der Waals surface area contributed by atoms with Crippen LogP contribution in [0.4, 0.5) is 0 Å². The molecule has 2 saturated heterocycles. The van der Waals surface area contributed by atoms with E-state index in [1.807, 2.05) is 0 Å². The van der Waals surface area contributed by atoms with Gasteiger partial charge in [0.25, 0.3) is 0 Å². The maximum atomic E-state index is 5.42. The summed E-state index contributed by atoms with van der Waals surface area (Å²) in [6.45, 7) is 18.0. The van der Waals surface area contributed by atoms with Crippen LogP contribution in [0.1, 0.15) is 34.1 Å². The highest BCUT2D eigenvalue weighted by Gasteiger charge is 2.34. The van der Waals surface area contributed by atoms with Gasteiger partial charge in [0.15, 0.2) is 0 Å². The molecule has 2 rings (SSSR count). The standard InChI is InChI=1S/C15H31N3O/c1-14(2)13-18(15(3,4)5-6-16-14)8-7-17-9-11-19-12-10-17/h16H,5-13H2,1-4H3. The molecule has 0 amide bonds. The lowest BCUT2D eigenvalue weighted by Gasteiger charge is -2.41. The largest absolute Gasteiger partial charge is 0.379 e. The van der Waals surface area contributed by atoms with Crippen LogP contribution in [0.25, 0.3) is 0 Å². The van der Waals surface area contributed by atoms with Crippen LogP contribution in [0.3, 0.4) is 0 Å². The Balaban J connectivity index is 1.90. The van der Waals surface area contributed by atoms with Gasteiger partial charge in [-0.05, 0) is 40.7 Å². The summed E-state index contributed by atoms with van der Waals surface area (Å²) in [6, 6.07) is 0. The summed E-state index contributed by atoms with van der Waals surface area (Å²) >= 11 is 0. The molecule has 0 spiro atoms. The van der Waals surface area contributed by atoms with Crippen LogP contribution < -0.4 is 5.32 Å². The van der Waals surface area contributed by atoms with Gasteiger partial charge in [-0.25, -0.2) is 0 Å². The van der Waals surface area contributed by atoms with Crippen molar-refractivity contribution in [3.8, 4) is 0 Å². The molecule has 0 unspecified atom stereocenters. The van der Waals surface area contributed by atoms with E-state index in [0.29, 0.717) is 5.54 Å². The van der Waals surface area contributed by atoms with Crippen LogP contribution in [-0.4, -0.2) is 73.4 Å². The maximum Gasteiger partial charge on any atom is 0.0594 e. The van der Waals surface area contributed by atoms with Crippen molar-refractivity contribution in [1.82, 2.24) is 15.1 Å². The van der Waals surface area contributed by atoms with Crippen molar-refractivity contribution >= 4 is 0 Å². The molecule has 0 saturated carbocycles. The fourth-order valence-corrected chi connectivity index (χ4v) is 3.08. The molecule has 0 aromatic rings. The number of rotatable bonds is 3. The minimum absolute atomic E-state index is 0.221. The minimum atomic E-state index is 0.221. The average Bonchev–Trinajstić information content (AvgIpc) is 2.44. The van der Waals surface area contributed by atoms with Gasteiger partial charge < -0.3 is 10.1 Å². The summed E-state index contributed by atoms with van der Waals surface area (Å²) in [4.78, 5) is 5.20. The second-order valence-electron chi connectivity index (χ2n) is 7.25. The van der Waals surface area contributed by atoms with E-state index >= 15 is 0 Å². The normalized spacial score (nSPS) is 29.1. The molecule has 19 heavy (non-hydrogen) atoms. The van der Waals surface area contributed by atoms with Crippen molar-refractivity contribution in [2.45, 2.75) is 45.2 Å². The highest BCUT2D eigenvalue weighted by atomic mass is 16.5. The molecule has 2 aliphatic rings. The van der Waals surface area contributed by atoms with E-state index in [0.717, 1.165) is 45.9 Å². The maximum absolute atomic E-state index is 5.42. The van der Waals surface area contributed by atoms with Crippen molar-refractivity contribution < 1.29 is 4.74 Å². The van der Waals surface area contributed by atoms with Gasteiger partial charge in [0.05, 0.1) is 13.2 Å². The first kappa shape index (κ1) is 15.2. The topological polar surface area (TPSA) is 27.7 Å². The molecular weight excluding hydrogens is 238 g/mol. The quantitative estimate of drug-likeness (QED) is 0.832. The minimum Gasteiger partial charge on any atom is -0.379 e. The lowest BCUT2D eigenvalue weighted by molar-refractivity contribution is 0.0234. The number of nitrogens with zero attached hydrogens (tertiary/aromatic N) is 2. The zero-order valence-corrected chi connectivity index (χ0v) is 13.2. The van der Waals surface area contributed by atoms with E-state index in [4.69, 9.17) is 4.74 Å². The number of morpholine rings is 1. The van der Waals surface area contributed by atoms with E-state index in [2.05, 4.69) is 42.8 Å². The summed E-state index contributed by atoms with van der Waals surface area (Å²) in [5.74, 6) is 0. The van der Waals surface area contributed by atoms with Crippen molar-refractivity contribution in [2.24, 2.45) is 0 Å². The summed E-state index contributed by atoms with van der Waals surface area (Å²) in [5, 5.41) is 3.67. The number of ether oxygens (including phenoxy) is 1. The van der Waals surface area contributed by atoms with E-state index in [9.17, 15) is 0 Å². The molecule has 1 N–H and O–H groups in total. The number of nitrogens with one attached hydrogen (secondary N) is 1. The van der Waals surface area contributed by atoms with Gasteiger partial charge in [-0.15, -0.1) is 0 Å². The summed E-state index contributed by atoms with van der Waals surface area (Å²) in [6.07, 6.45) is 1.22. The number of hydrogen-bond acceptors (Lipinski definition) is 4. The summed E-state index contributed by atoms with van der Waals surface area (Å²) < 4.78 is 5.42. The molecule has 112 valence electrons. The van der Waals surface area contributed by atoms with Gasteiger partial charge in [-0.1, -0.05) is 0 Å². The van der Waals surface area contributed by atoms with Crippen LogP contribution in [-0.2, 0) is 4.74 Å². The first-order valence-electron chi connectivity index (χ1n) is 7.69. The lowest BCUT2D eigenvalue weighted by atomic mass is 9.97. The predicted molar refractivity (Wildman–Crippen MR) is 79.6 cm³/mol. The van der Waals surface area contributed by atoms with Gasteiger partial charge in [0.1, 0.15) is 0 Å². The Morgan fingerprint density at radius 1 is 1.05 bits per heavy atom. The third-order valence-corrected chi connectivity index (χ3v) is 4.57. The highest BCUT2D eigenvalue weighted by molar-refractivity contribution is 4.94. The zero-order chi connectivity index (χ0) is 13.9. The van der Waals surface area contributed by atoms with Crippen LogP contribution in [0, 0.1) is 0 Å². The van der Waals surface area contributed by atoms with Gasteiger partial charge in [-0.3, -0.25) is 9.80 Å².